The number of anilines is 2. The molecule has 0 unspecified atom stereocenters. The monoisotopic (exact) mass is 309 g/mol. The van der Waals surface area contributed by atoms with E-state index in [2.05, 4.69) is 30.7 Å². The predicted molar refractivity (Wildman–Crippen MR) is 85.5 cm³/mol. The Morgan fingerprint density at radius 3 is 2.70 bits per heavy atom. The zero-order valence-electron chi connectivity index (χ0n) is 12.7. The Morgan fingerprint density at radius 1 is 1.09 bits per heavy atom. The number of hydrogen-bond donors (Lipinski definition) is 2. The molecule has 1 aromatic carbocycles. The first-order chi connectivity index (χ1) is 11.1. The molecule has 0 bridgehead atoms. The SMILES string of the molecule is Cc1ccc(NC(=O)Nc2cc(-n3cncn3)ncn2)c(C)c1. The number of rotatable bonds is 3. The van der Waals surface area contributed by atoms with Gasteiger partial charge in [0.05, 0.1) is 0 Å². The number of carbonyl (C=O) groups is 1. The van der Waals surface area contributed by atoms with Crippen molar-refractivity contribution in [2.45, 2.75) is 13.8 Å². The van der Waals surface area contributed by atoms with E-state index in [0.717, 1.165) is 16.8 Å². The highest BCUT2D eigenvalue weighted by molar-refractivity contribution is 5.99. The standard InChI is InChI=1S/C15H15N7O/c1-10-3-4-12(11(2)5-10)20-15(23)21-13-6-14(18-8-17-13)22-9-16-7-19-22/h3-9H,1-2H3,(H2,17,18,20,21,23). The zero-order valence-corrected chi connectivity index (χ0v) is 12.7. The lowest BCUT2D eigenvalue weighted by molar-refractivity contribution is 0.262. The van der Waals surface area contributed by atoms with Crippen molar-refractivity contribution in [2.75, 3.05) is 10.6 Å². The van der Waals surface area contributed by atoms with E-state index in [9.17, 15) is 4.79 Å². The largest absolute Gasteiger partial charge is 0.324 e. The van der Waals surface area contributed by atoms with E-state index < -0.39 is 0 Å². The van der Waals surface area contributed by atoms with Crippen LogP contribution in [0.3, 0.4) is 0 Å². The first kappa shape index (κ1) is 14.6. The molecule has 2 aromatic heterocycles. The number of aromatic nitrogens is 5. The summed E-state index contributed by atoms with van der Waals surface area (Å²) in [6, 6.07) is 7.04. The fourth-order valence-electron chi connectivity index (χ4n) is 2.09. The van der Waals surface area contributed by atoms with Crippen molar-refractivity contribution in [1.82, 2.24) is 24.7 Å². The van der Waals surface area contributed by atoms with Crippen LogP contribution in [0.5, 0.6) is 0 Å². The molecule has 2 amide bonds. The quantitative estimate of drug-likeness (QED) is 0.773. The highest BCUT2D eigenvalue weighted by Crippen LogP contribution is 2.16. The molecule has 3 rings (SSSR count). The highest BCUT2D eigenvalue weighted by Gasteiger charge is 2.07. The molecule has 0 saturated carbocycles. The minimum Gasteiger partial charge on any atom is -0.307 e. The molecule has 0 spiro atoms. The Labute approximate surface area is 132 Å². The number of hydrogen-bond acceptors (Lipinski definition) is 5. The Bertz CT molecular complexity index is 830. The normalized spacial score (nSPS) is 10.3. The number of nitrogens with zero attached hydrogens (tertiary/aromatic N) is 5. The molecule has 23 heavy (non-hydrogen) atoms. The van der Waals surface area contributed by atoms with Crippen molar-refractivity contribution in [3.05, 3.63) is 54.4 Å². The summed E-state index contributed by atoms with van der Waals surface area (Å²) in [5.41, 5.74) is 2.88. The van der Waals surface area contributed by atoms with Crippen LogP contribution in [0.2, 0.25) is 0 Å². The predicted octanol–water partition coefficient (Wildman–Crippen LogP) is 2.32. The smallest absolute Gasteiger partial charge is 0.307 e. The maximum atomic E-state index is 12.1. The van der Waals surface area contributed by atoms with Gasteiger partial charge in [0.15, 0.2) is 5.82 Å². The molecule has 116 valence electrons. The minimum absolute atomic E-state index is 0.368. The molecule has 0 fully saturated rings. The topological polar surface area (TPSA) is 97.6 Å². The molecule has 8 nitrogen and oxygen atoms in total. The lowest BCUT2D eigenvalue weighted by Crippen LogP contribution is -2.21. The van der Waals surface area contributed by atoms with Crippen molar-refractivity contribution in [3.8, 4) is 5.82 Å². The second-order valence-corrected chi connectivity index (χ2v) is 5.00. The van der Waals surface area contributed by atoms with E-state index in [1.165, 1.54) is 23.7 Å². The van der Waals surface area contributed by atoms with Gasteiger partial charge in [-0.25, -0.2) is 24.4 Å². The lowest BCUT2D eigenvalue weighted by Gasteiger charge is -2.10. The highest BCUT2D eigenvalue weighted by atomic mass is 16.2. The van der Waals surface area contributed by atoms with Crippen LogP contribution in [-0.4, -0.2) is 30.8 Å². The molecule has 0 radical (unpaired) electrons. The number of nitrogens with one attached hydrogen (secondary N) is 2. The zero-order chi connectivity index (χ0) is 16.2. The van der Waals surface area contributed by atoms with Crippen molar-refractivity contribution in [3.63, 3.8) is 0 Å². The van der Waals surface area contributed by atoms with Crippen LogP contribution >= 0.6 is 0 Å². The Balaban J connectivity index is 1.72. The van der Waals surface area contributed by atoms with Crippen molar-refractivity contribution in [1.29, 1.82) is 0 Å². The molecule has 0 aliphatic carbocycles. The Morgan fingerprint density at radius 2 is 1.96 bits per heavy atom. The molecule has 8 heteroatoms. The summed E-state index contributed by atoms with van der Waals surface area (Å²) in [7, 11) is 0. The Kier molecular flexibility index (Phi) is 3.96. The third kappa shape index (κ3) is 3.49. The molecule has 2 heterocycles. The summed E-state index contributed by atoms with van der Waals surface area (Å²) in [5, 5.41) is 9.45. The van der Waals surface area contributed by atoms with Crippen LogP contribution in [-0.2, 0) is 0 Å². The van der Waals surface area contributed by atoms with Crippen LogP contribution in [0, 0.1) is 13.8 Å². The van der Waals surface area contributed by atoms with Gasteiger partial charge in [-0.15, -0.1) is 0 Å². The summed E-state index contributed by atoms with van der Waals surface area (Å²) in [6.45, 7) is 3.94. The summed E-state index contributed by atoms with van der Waals surface area (Å²) < 4.78 is 1.48. The van der Waals surface area contributed by atoms with Gasteiger partial charge in [0.2, 0.25) is 0 Å². The first-order valence-electron chi connectivity index (χ1n) is 6.94. The Hall–Kier alpha value is -3.29. The summed E-state index contributed by atoms with van der Waals surface area (Å²) in [5.74, 6) is 0.882. The molecule has 0 saturated heterocycles. The van der Waals surface area contributed by atoms with Crippen molar-refractivity contribution in [2.24, 2.45) is 0 Å². The average Bonchev–Trinajstić information content (AvgIpc) is 3.05. The van der Waals surface area contributed by atoms with E-state index in [0.29, 0.717) is 11.6 Å². The van der Waals surface area contributed by atoms with Gasteiger partial charge in [0.1, 0.15) is 24.8 Å². The third-order valence-corrected chi connectivity index (χ3v) is 3.18. The molecular weight excluding hydrogens is 294 g/mol. The van der Waals surface area contributed by atoms with Crippen LogP contribution in [0.15, 0.2) is 43.2 Å². The number of amides is 2. The van der Waals surface area contributed by atoms with Crippen molar-refractivity contribution >= 4 is 17.5 Å². The molecular formula is C15H15N7O. The van der Waals surface area contributed by atoms with E-state index in [-0.39, 0.29) is 6.03 Å². The fraction of sp³-hybridized carbons (Fsp3) is 0.133. The second kappa shape index (κ2) is 6.22. The van der Waals surface area contributed by atoms with Gasteiger partial charge in [-0.2, -0.15) is 5.10 Å². The summed E-state index contributed by atoms with van der Waals surface area (Å²) >= 11 is 0. The number of aryl methyl sites for hydroxylation is 2. The number of urea groups is 1. The lowest BCUT2D eigenvalue weighted by atomic mass is 10.1. The average molecular weight is 309 g/mol. The van der Waals surface area contributed by atoms with Crippen molar-refractivity contribution < 1.29 is 4.79 Å². The maximum Gasteiger partial charge on any atom is 0.324 e. The minimum atomic E-state index is -0.375. The second-order valence-electron chi connectivity index (χ2n) is 5.00. The van der Waals surface area contributed by atoms with Gasteiger partial charge in [-0.3, -0.25) is 5.32 Å². The number of benzene rings is 1. The van der Waals surface area contributed by atoms with Crippen LogP contribution in [0.1, 0.15) is 11.1 Å². The molecule has 0 aliphatic rings. The van der Waals surface area contributed by atoms with Gasteiger partial charge in [0, 0.05) is 11.8 Å². The van der Waals surface area contributed by atoms with Crippen LogP contribution in [0.25, 0.3) is 5.82 Å². The molecule has 0 atom stereocenters. The van der Waals surface area contributed by atoms with Crippen LogP contribution in [0.4, 0.5) is 16.3 Å². The summed E-state index contributed by atoms with van der Waals surface area (Å²) in [4.78, 5) is 24.1. The van der Waals surface area contributed by atoms with E-state index >= 15 is 0 Å². The van der Waals surface area contributed by atoms with E-state index in [1.54, 1.807) is 6.07 Å². The van der Waals surface area contributed by atoms with Gasteiger partial charge in [-0.1, -0.05) is 17.7 Å². The van der Waals surface area contributed by atoms with Gasteiger partial charge in [-0.05, 0) is 25.5 Å². The van der Waals surface area contributed by atoms with Gasteiger partial charge >= 0.3 is 6.03 Å². The molecule has 3 aromatic rings. The van der Waals surface area contributed by atoms with Crippen LogP contribution < -0.4 is 10.6 Å². The third-order valence-electron chi connectivity index (χ3n) is 3.18. The number of carbonyl (C=O) groups excluding carboxylic acids is 1. The fourth-order valence-corrected chi connectivity index (χ4v) is 2.09. The van der Waals surface area contributed by atoms with Gasteiger partial charge in [0.25, 0.3) is 0 Å². The maximum absolute atomic E-state index is 12.1. The van der Waals surface area contributed by atoms with E-state index in [1.807, 2.05) is 32.0 Å². The molecule has 0 aliphatic heterocycles. The first-order valence-corrected chi connectivity index (χ1v) is 6.94. The summed E-state index contributed by atoms with van der Waals surface area (Å²) in [6.07, 6.45) is 4.27. The van der Waals surface area contributed by atoms with E-state index in [4.69, 9.17) is 0 Å². The van der Waals surface area contributed by atoms with Gasteiger partial charge < -0.3 is 5.32 Å². The molecule has 2 N–H and O–H groups in total.